The highest BCUT2D eigenvalue weighted by atomic mass is 35.5. The van der Waals surface area contributed by atoms with E-state index in [0.29, 0.717) is 39.5 Å². The van der Waals surface area contributed by atoms with Gasteiger partial charge in [-0.15, -0.1) is 0 Å². The zero-order valence-electron chi connectivity index (χ0n) is 16.5. The van der Waals surface area contributed by atoms with Crippen molar-refractivity contribution in [2.24, 2.45) is 0 Å². The van der Waals surface area contributed by atoms with Gasteiger partial charge in [0.2, 0.25) is 5.82 Å². The third-order valence-corrected chi connectivity index (χ3v) is 4.57. The number of nitrogens with zero attached hydrogens (tertiary/aromatic N) is 2. The normalized spacial score (nSPS) is 10.5. The van der Waals surface area contributed by atoms with Crippen LogP contribution in [-0.4, -0.2) is 29.8 Å². The number of nitrogens with one attached hydrogen (secondary N) is 1. The molecule has 0 atom stereocenters. The van der Waals surface area contributed by atoms with Gasteiger partial charge in [-0.05, 0) is 48.5 Å². The maximum atomic E-state index is 12.3. The van der Waals surface area contributed by atoms with Crippen molar-refractivity contribution in [1.29, 1.82) is 0 Å². The number of ether oxygens (including phenoxy) is 2. The van der Waals surface area contributed by atoms with Gasteiger partial charge < -0.3 is 19.3 Å². The van der Waals surface area contributed by atoms with Gasteiger partial charge in [-0.2, -0.15) is 4.98 Å². The van der Waals surface area contributed by atoms with Gasteiger partial charge in [0.05, 0.1) is 12.7 Å². The quantitative estimate of drug-likeness (QED) is 0.435. The Hall–Kier alpha value is -3.84. The lowest BCUT2D eigenvalue weighted by atomic mass is 10.2. The molecule has 4 aromatic rings. The highest BCUT2D eigenvalue weighted by Crippen LogP contribution is 2.30. The van der Waals surface area contributed by atoms with E-state index in [1.54, 1.807) is 55.6 Å². The van der Waals surface area contributed by atoms with Crippen LogP contribution < -0.4 is 14.8 Å². The molecule has 0 radical (unpaired) electrons. The Kier molecular flexibility index (Phi) is 6.14. The number of carbonyl (C=O) groups excluding carboxylic acids is 1. The molecule has 7 nitrogen and oxygen atoms in total. The van der Waals surface area contributed by atoms with E-state index in [9.17, 15) is 4.79 Å². The number of anilines is 1. The molecule has 1 N–H and O–H groups in total. The zero-order chi connectivity index (χ0) is 21.6. The molecular formula is C23H18ClN3O4. The molecule has 0 aliphatic heterocycles. The number of halogens is 1. The molecule has 4 rings (SSSR count). The number of carbonyl (C=O) groups is 1. The fourth-order valence-corrected chi connectivity index (χ4v) is 3.08. The summed E-state index contributed by atoms with van der Waals surface area (Å²) < 4.78 is 16.4. The van der Waals surface area contributed by atoms with E-state index in [0.717, 1.165) is 5.56 Å². The first-order chi connectivity index (χ1) is 15.1. The molecule has 31 heavy (non-hydrogen) atoms. The van der Waals surface area contributed by atoms with E-state index >= 15 is 0 Å². The summed E-state index contributed by atoms with van der Waals surface area (Å²) in [5.41, 5.74) is 1.93. The smallest absolute Gasteiger partial charge is 0.262 e. The van der Waals surface area contributed by atoms with Gasteiger partial charge >= 0.3 is 0 Å². The van der Waals surface area contributed by atoms with Gasteiger partial charge in [-0.1, -0.05) is 41.0 Å². The Morgan fingerprint density at radius 2 is 1.90 bits per heavy atom. The molecule has 0 unspecified atom stereocenters. The Balaban J connectivity index is 1.49. The van der Waals surface area contributed by atoms with Crippen LogP contribution >= 0.6 is 11.6 Å². The SMILES string of the molecule is COc1cccc(-c2nc(-c3ccccc3OCC(=O)Nc3cccc(Cl)c3)no2)c1. The first-order valence-electron chi connectivity index (χ1n) is 9.38. The molecule has 1 aromatic heterocycles. The molecule has 0 saturated heterocycles. The van der Waals surface area contributed by atoms with Crippen molar-refractivity contribution in [2.45, 2.75) is 0 Å². The van der Waals surface area contributed by atoms with E-state index in [2.05, 4.69) is 15.5 Å². The zero-order valence-corrected chi connectivity index (χ0v) is 17.3. The standard InChI is InChI=1S/C23H18ClN3O4/c1-29-18-9-4-6-15(12-18)23-26-22(27-31-23)19-10-2-3-11-20(19)30-14-21(28)25-17-8-5-7-16(24)13-17/h2-13H,14H2,1H3,(H,25,28). The predicted octanol–water partition coefficient (Wildman–Crippen LogP) is 5.08. The number of methoxy groups -OCH3 is 1. The molecule has 0 saturated carbocycles. The van der Waals surface area contributed by atoms with Crippen molar-refractivity contribution in [3.05, 3.63) is 77.8 Å². The Morgan fingerprint density at radius 3 is 2.74 bits per heavy atom. The highest BCUT2D eigenvalue weighted by molar-refractivity contribution is 6.30. The summed E-state index contributed by atoms with van der Waals surface area (Å²) in [4.78, 5) is 16.7. The van der Waals surface area contributed by atoms with Gasteiger partial charge in [0.1, 0.15) is 11.5 Å². The predicted molar refractivity (Wildman–Crippen MR) is 117 cm³/mol. The fraction of sp³-hybridized carbons (Fsp3) is 0.0870. The van der Waals surface area contributed by atoms with Crippen LogP contribution in [0.2, 0.25) is 5.02 Å². The third kappa shape index (κ3) is 5.02. The second-order valence-electron chi connectivity index (χ2n) is 6.50. The second-order valence-corrected chi connectivity index (χ2v) is 6.93. The molecule has 3 aromatic carbocycles. The van der Waals surface area contributed by atoms with E-state index < -0.39 is 0 Å². The van der Waals surface area contributed by atoms with Crippen LogP contribution in [0.1, 0.15) is 0 Å². The minimum absolute atomic E-state index is 0.190. The summed E-state index contributed by atoms with van der Waals surface area (Å²) in [5, 5.41) is 7.34. The number of rotatable bonds is 7. The van der Waals surface area contributed by atoms with Gasteiger partial charge in [-0.25, -0.2) is 0 Å². The number of hydrogen-bond acceptors (Lipinski definition) is 6. The molecule has 156 valence electrons. The largest absolute Gasteiger partial charge is 0.497 e. The lowest BCUT2D eigenvalue weighted by Crippen LogP contribution is -2.20. The maximum Gasteiger partial charge on any atom is 0.262 e. The molecule has 0 spiro atoms. The van der Waals surface area contributed by atoms with Crippen LogP contribution in [0, 0.1) is 0 Å². The molecule has 0 aliphatic rings. The van der Waals surface area contributed by atoms with E-state index in [1.165, 1.54) is 0 Å². The van der Waals surface area contributed by atoms with Crippen LogP contribution in [0.25, 0.3) is 22.8 Å². The van der Waals surface area contributed by atoms with Crippen LogP contribution in [0.5, 0.6) is 11.5 Å². The highest BCUT2D eigenvalue weighted by Gasteiger charge is 2.16. The summed E-state index contributed by atoms with van der Waals surface area (Å²) >= 11 is 5.94. The van der Waals surface area contributed by atoms with Crippen molar-refractivity contribution < 1.29 is 18.8 Å². The number of para-hydroxylation sites is 1. The minimum Gasteiger partial charge on any atom is -0.497 e. The monoisotopic (exact) mass is 435 g/mol. The fourth-order valence-electron chi connectivity index (χ4n) is 2.89. The second kappa shape index (κ2) is 9.32. The molecule has 1 amide bonds. The summed E-state index contributed by atoms with van der Waals surface area (Å²) in [5.74, 6) is 1.53. The minimum atomic E-state index is -0.317. The van der Waals surface area contributed by atoms with Crippen molar-refractivity contribution in [1.82, 2.24) is 10.1 Å². The maximum absolute atomic E-state index is 12.3. The third-order valence-electron chi connectivity index (χ3n) is 4.34. The van der Waals surface area contributed by atoms with Gasteiger partial charge in [0.25, 0.3) is 11.8 Å². The van der Waals surface area contributed by atoms with Crippen LogP contribution in [0.3, 0.4) is 0 Å². The molecule has 0 fully saturated rings. The van der Waals surface area contributed by atoms with Crippen LogP contribution in [0.4, 0.5) is 5.69 Å². The van der Waals surface area contributed by atoms with E-state index in [4.69, 9.17) is 25.6 Å². The first kappa shape index (κ1) is 20.4. The summed E-state index contributed by atoms with van der Waals surface area (Å²) in [6.07, 6.45) is 0. The average Bonchev–Trinajstić information content (AvgIpc) is 3.28. The van der Waals surface area contributed by atoms with Crippen molar-refractivity contribution in [2.75, 3.05) is 19.0 Å². The topological polar surface area (TPSA) is 86.5 Å². The summed E-state index contributed by atoms with van der Waals surface area (Å²) in [6.45, 7) is -0.190. The molecule has 1 heterocycles. The summed E-state index contributed by atoms with van der Waals surface area (Å²) in [7, 11) is 1.59. The Labute approximate surface area is 183 Å². The van der Waals surface area contributed by atoms with Gasteiger partial charge in [-0.3, -0.25) is 4.79 Å². The van der Waals surface area contributed by atoms with Crippen LogP contribution in [0.15, 0.2) is 77.3 Å². The lowest BCUT2D eigenvalue weighted by Gasteiger charge is -2.10. The molecule has 8 heteroatoms. The van der Waals surface area contributed by atoms with Crippen LogP contribution in [-0.2, 0) is 4.79 Å². The Bertz CT molecular complexity index is 1210. The van der Waals surface area contributed by atoms with E-state index in [1.807, 2.05) is 24.3 Å². The number of benzene rings is 3. The molecular weight excluding hydrogens is 418 g/mol. The van der Waals surface area contributed by atoms with Gasteiger partial charge in [0, 0.05) is 16.3 Å². The lowest BCUT2D eigenvalue weighted by molar-refractivity contribution is -0.118. The Morgan fingerprint density at radius 1 is 1.06 bits per heavy atom. The van der Waals surface area contributed by atoms with Crippen molar-refractivity contribution >= 4 is 23.2 Å². The van der Waals surface area contributed by atoms with Crippen molar-refractivity contribution in [3.63, 3.8) is 0 Å². The number of hydrogen-bond donors (Lipinski definition) is 1. The van der Waals surface area contributed by atoms with Crippen molar-refractivity contribution in [3.8, 4) is 34.3 Å². The van der Waals surface area contributed by atoms with E-state index in [-0.39, 0.29) is 12.5 Å². The average molecular weight is 436 g/mol. The first-order valence-corrected chi connectivity index (χ1v) is 9.76. The molecule has 0 aliphatic carbocycles. The van der Waals surface area contributed by atoms with Gasteiger partial charge in [0.15, 0.2) is 6.61 Å². The number of aromatic nitrogens is 2. The molecule has 0 bridgehead atoms. The number of amides is 1. The summed E-state index contributed by atoms with van der Waals surface area (Å²) in [6, 6.07) is 21.4.